The first kappa shape index (κ1) is 21.8. The fourth-order valence-corrected chi connectivity index (χ4v) is 3.80. The predicted octanol–water partition coefficient (Wildman–Crippen LogP) is 4.68. The molecule has 1 aliphatic heterocycles. The molecule has 1 fully saturated rings. The van der Waals surface area contributed by atoms with Gasteiger partial charge in [-0.1, -0.05) is 23.7 Å². The molecule has 0 aromatic heterocycles. The van der Waals surface area contributed by atoms with Gasteiger partial charge in [0.1, 0.15) is 0 Å². The highest BCUT2D eigenvalue weighted by Crippen LogP contribution is 2.36. The van der Waals surface area contributed by atoms with E-state index in [2.05, 4.69) is 0 Å². The van der Waals surface area contributed by atoms with Gasteiger partial charge >= 0.3 is 6.18 Å². The summed E-state index contributed by atoms with van der Waals surface area (Å²) in [5, 5.41) is 19.8. The predicted molar refractivity (Wildman–Crippen MR) is 101 cm³/mol. The molecular weight excluding hydrogens is 409 g/mol. The summed E-state index contributed by atoms with van der Waals surface area (Å²) in [6.45, 7) is 1.48. The third-order valence-electron chi connectivity index (χ3n) is 4.95. The number of halogens is 4. The Morgan fingerprint density at radius 3 is 2.41 bits per heavy atom. The molecule has 0 radical (unpaired) electrons. The van der Waals surface area contributed by atoms with Crippen LogP contribution in [0.2, 0.25) is 5.02 Å². The normalized spacial score (nSPS) is 22.5. The summed E-state index contributed by atoms with van der Waals surface area (Å²) in [5.74, 6) is -0.543. The number of carbonyl (C=O) groups excluding carboxylic acids is 1. The van der Waals surface area contributed by atoms with Crippen molar-refractivity contribution in [3.63, 3.8) is 0 Å². The Balaban J connectivity index is 1.98. The number of hydrogen-bond acceptors (Lipinski definition) is 4. The molecule has 2 aromatic carbocycles. The molecule has 8 heteroatoms. The van der Waals surface area contributed by atoms with Crippen LogP contribution >= 0.6 is 11.6 Å². The molecule has 2 aromatic rings. The van der Waals surface area contributed by atoms with Gasteiger partial charge in [0.05, 0.1) is 35.5 Å². The Morgan fingerprint density at radius 1 is 1.21 bits per heavy atom. The van der Waals surface area contributed by atoms with Gasteiger partial charge < -0.3 is 14.9 Å². The molecule has 0 bridgehead atoms. The van der Waals surface area contributed by atoms with Gasteiger partial charge in [0.15, 0.2) is 5.78 Å². The Morgan fingerprint density at radius 2 is 1.86 bits per heavy atom. The molecule has 156 valence electrons. The average Bonchev–Trinajstić information content (AvgIpc) is 2.65. The van der Waals surface area contributed by atoms with Crippen molar-refractivity contribution in [2.45, 2.75) is 50.9 Å². The Bertz CT molecular complexity index is 886. The van der Waals surface area contributed by atoms with Crippen LogP contribution in [0.15, 0.2) is 36.4 Å². The van der Waals surface area contributed by atoms with E-state index in [1.165, 1.54) is 12.1 Å². The van der Waals surface area contributed by atoms with E-state index >= 15 is 0 Å². The topological polar surface area (TPSA) is 66.8 Å². The lowest BCUT2D eigenvalue weighted by Crippen LogP contribution is -2.30. The van der Waals surface area contributed by atoms with E-state index in [0.29, 0.717) is 24.0 Å². The average molecular weight is 429 g/mol. The maximum atomic E-state index is 12.9. The molecule has 1 saturated heterocycles. The van der Waals surface area contributed by atoms with Crippen LogP contribution in [0, 0.1) is 0 Å². The number of aliphatic hydroxyl groups excluding tert-OH is 2. The van der Waals surface area contributed by atoms with Crippen LogP contribution in [0.4, 0.5) is 13.2 Å². The number of hydrogen-bond donors (Lipinski definition) is 2. The zero-order valence-corrected chi connectivity index (χ0v) is 16.3. The summed E-state index contributed by atoms with van der Waals surface area (Å²) in [5.41, 5.74) is 0.286. The molecule has 3 atom stereocenters. The van der Waals surface area contributed by atoms with E-state index in [1.807, 2.05) is 6.92 Å². The highest BCUT2D eigenvalue weighted by Gasteiger charge is 2.31. The molecule has 0 aliphatic carbocycles. The smallest absolute Gasteiger partial charge is 0.393 e. The second-order valence-corrected chi connectivity index (χ2v) is 7.56. The second-order valence-electron chi connectivity index (χ2n) is 7.15. The Kier molecular flexibility index (Phi) is 6.33. The molecule has 1 aliphatic rings. The zero-order valence-electron chi connectivity index (χ0n) is 15.5. The summed E-state index contributed by atoms with van der Waals surface area (Å²) < 4.78 is 44.1. The van der Waals surface area contributed by atoms with Crippen molar-refractivity contribution in [1.82, 2.24) is 0 Å². The van der Waals surface area contributed by atoms with Crippen LogP contribution in [-0.4, -0.2) is 28.2 Å². The Hall–Kier alpha value is -1.93. The van der Waals surface area contributed by atoms with Crippen LogP contribution in [0.3, 0.4) is 0 Å². The fraction of sp³-hybridized carbons (Fsp3) is 0.381. The van der Waals surface area contributed by atoms with Crippen LogP contribution < -0.4 is 0 Å². The lowest BCUT2D eigenvalue weighted by Gasteiger charge is -2.32. The minimum atomic E-state index is -4.50. The molecular formula is C21H20ClF3O4. The SMILES string of the molecule is CC1CC(O)CC(c2cc(C(=O)c3ccc(C(F)(F)F)cc3)c(Cl)cc2CO)O1. The summed E-state index contributed by atoms with van der Waals surface area (Å²) in [6, 6.07) is 6.82. The van der Waals surface area contributed by atoms with E-state index in [9.17, 15) is 28.2 Å². The summed E-state index contributed by atoms with van der Waals surface area (Å²) >= 11 is 6.22. The number of carbonyl (C=O) groups is 1. The van der Waals surface area contributed by atoms with Gasteiger partial charge in [0.2, 0.25) is 0 Å². The Labute approximate surface area is 170 Å². The highest BCUT2D eigenvalue weighted by molar-refractivity contribution is 6.35. The molecule has 4 nitrogen and oxygen atoms in total. The highest BCUT2D eigenvalue weighted by atomic mass is 35.5. The van der Waals surface area contributed by atoms with Crippen LogP contribution in [0.25, 0.3) is 0 Å². The molecule has 29 heavy (non-hydrogen) atoms. The van der Waals surface area contributed by atoms with Crippen molar-refractivity contribution in [2.75, 3.05) is 0 Å². The van der Waals surface area contributed by atoms with E-state index in [4.69, 9.17) is 16.3 Å². The van der Waals surface area contributed by atoms with E-state index in [1.54, 1.807) is 0 Å². The van der Waals surface area contributed by atoms with Gasteiger partial charge in [-0.2, -0.15) is 13.2 Å². The molecule has 0 saturated carbocycles. The molecule has 3 rings (SSSR count). The number of ether oxygens (including phenoxy) is 1. The summed E-state index contributed by atoms with van der Waals surface area (Å²) in [6.07, 6.45) is -5.04. The van der Waals surface area contributed by atoms with E-state index in [-0.39, 0.29) is 28.9 Å². The van der Waals surface area contributed by atoms with Crippen LogP contribution in [0.1, 0.15) is 58.5 Å². The number of alkyl halides is 3. The van der Waals surface area contributed by atoms with Gasteiger partial charge in [-0.3, -0.25) is 4.79 Å². The third-order valence-corrected chi connectivity index (χ3v) is 5.26. The van der Waals surface area contributed by atoms with Crippen molar-refractivity contribution < 1.29 is 32.9 Å². The maximum absolute atomic E-state index is 12.9. The van der Waals surface area contributed by atoms with Crippen molar-refractivity contribution >= 4 is 17.4 Å². The molecule has 0 amide bonds. The molecule has 3 unspecified atom stereocenters. The van der Waals surface area contributed by atoms with Crippen molar-refractivity contribution in [3.8, 4) is 0 Å². The molecule has 1 heterocycles. The zero-order chi connectivity index (χ0) is 21.3. The van der Waals surface area contributed by atoms with Gasteiger partial charge in [-0.05, 0) is 48.7 Å². The lowest BCUT2D eigenvalue weighted by molar-refractivity contribution is -0.137. The number of aliphatic hydroxyl groups is 2. The number of benzene rings is 2. The maximum Gasteiger partial charge on any atom is 0.416 e. The first-order valence-electron chi connectivity index (χ1n) is 9.08. The summed E-state index contributed by atoms with van der Waals surface area (Å²) in [4.78, 5) is 12.9. The summed E-state index contributed by atoms with van der Waals surface area (Å²) in [7, 11) is 0. The molecule has 0 spiro atoms. The second kappa shape index (κ2) is 8.44. The quantitative estimate of drug-likeness (QED) is 0.694. The standard InChI is InChI=1S/C21H20ClF3O4/c1-11-6-15(27)8-19(29-11)16-9-17(18(22)7-13(16)10-26)20(28)12-2-4-14(5-3-12)21(23,24)25/h2-5,7,9,11,15,19,26-27H,6,8,10H2,1H3. The number of ketones is 1. The minimum absolute atomic E-state index is 0.0561. The van der Waals surface area contributed by atoms with Crippen LogP contribution in [0.5, 0.6) is 0 Å². The third kappa shape index (κ3) is 4.80. The van der Waals surface area contributed by atoms with E-state index in [0.717, 1.165) is 24.3 Å². The molecule has 2 N–H and O–H groups in total. The van der Waals surface area contributed by atoms with Gasteiger partial charge in [-0.25, -0.2) is 0 Å². The van der Waals surface area contributed by atoms with Gasteiger partial charge in [-0.15, -0.1) is 0 Å². The fourth-order valence-electron chi connectivity index (χ4n) is 3.53. The largest absolute Gasteiger partial charge is 0.416 e. The van der Waals surface area contributed by atoms with Crippen molar-refractivity contribution in [3.05, 3.63) is 69.2 Å². The van der Waals surface area contributed by atoms with Crippen molar-refractivity contribution in [1.29, 1.82) is 0 Å². The van der Waals surface area contributed by atoms with Crippen LogP contribution in [-0.2, 0) is 17.5 Å². The monoisotopic (exact) mass is 428 g/mol. The minimum Gasteiger partial charge on any atom is -0.393 e. The van der Waals surface area contributed by atoms with Gasteiger partial charge in [0.25, 0.3) is 0 Å². The van der Waals surface area contributed by atoms with Gasteiger partial charge in [0, 0.05) is 17.5 Å². The van der Waals surface area contributed by atoms with E-state index < -0.39 is 29.7 Å². The first-order valence-corrected chi connectivity index (χ1v) is 9.46. The first-order chi connectivity index (χ1) is 13.6. The number of rotatable bonds is 4. The lowest BCUT2D eigenvalue weighted by atomic mass is 9.90. The van der Waals surface area contributed by atoms with Crippen molar-refractivity contribution in [2.24, 2.45) is 0 Å².